The summed E-state index contributed by atoms with van der Waals surface area (Å²) in [6.45, 7) is 4.13. The molecule has 0 atom stereocenters. The summed E-state index contributed by atoms with van der Waals surface area (Å²) in [6, 6.07) is 7.75. The SMILES string of the molecule is CC/C=C(/Oc1ccc(CCCCCCCCC)cc1)C(=O)O. The largest absolute Gasteiger partial charge is 0.475 e. The van der Waals surface area contributed by atoms with Gasteiger partial charge >= 0.3 is 5.97 Å². The maximum absolute atomic E-state index is 11.0. The number of ether oxygens (including phenoxy) is 1. The first-order valence-electron chi connectivity index (χ1n) is 8.87. The van der Waals surface area contributed by atoms with Gasteiger partial charge in [-0.1, -0.05) is 64.5 Å². The van der Waals surface area contributed by atoms with Gasteiger partial charge < -0.3 is 9.84 Å². The molecule has 0 aliphatic heterocycles. The number of aliphatic carboxylic acids is 1. The zero-order chi connectivity index (χ0) is 16.9. The van der Waals surface area contributed by atoms with Crippen LogP contribution >= 0.6 is 0 Å². The first kappa shape index (κ1) is 19.3. The van der Waals surface area contributed by atoms with Crippen LogP contribution in [0.5, 0.6) is 5.75 Å². The van der Waals surface area contributed by atoms with Gasteiger partial charge in [-0.2, -0.15) is 0 Å². The number of aryl methyl sites for hydroxylation is 1. The van der Waals surface area contributed by atoms with Crippen LogP contribution in [0.15, 0.2) is 36.1 Å². The lowest BCUT2D eigenvalue weighted by molar-refractivity contribution is -0.135. The summed E-state index contributed by atoms with van der Waals surface area (Å²) in [5.74, 6) is -0.457. The lowest BCUT2D eigenvalue weighted by atomic mass is 10.0. The zero-order valence-electron chi connectivity index (χ0n) is 14.5. The molecule has 0 aliphatic rings. The molecule has 0 heterocycles. The molecule has 0 radical (unpaired) electrons. The predicted octanol–water partition coefficient (Wildman–Crippen LogP) is 5.74. The van der Waals surface area contributed by atoms with Crippen LogP contribution in [0, 0.1) is 0 Å². The second-order valence-corrected chi connectivity index (χ2v) is 5.90. The van der Waals surface area contributed by atoms with Crippen LogP contribution < -0.4 is 4.74 Å². The molecule has 0 saturated heterocycles. The molecule has 1 aromatic rings. The number of allylic oxidation sites excluding steroid dienone is 1. The average Bonchev–Trinajstić information content (AvgIpc) is 2.55. The molecule has 3 nitrogen and oxygen atoms in total. The van der Waals surface area contributed by atoms with E-state index in [0.717, 1.165) is 6.42 Å². The Morgan fingerprint density at radius 3 is 2.17 bits per heavy atom. The Morgan fingerprint density at radius 2 is 1.61 bits per heavy atom. The maximum Gasteiger partial charge on any atom is 0.371 e. The van der Waals surface area contributed by atoms with Crippen LogP contribution in [0.25, 0.3) is 0 Å². The molecule has 0 spiro atoms. The molecule has 0 amide bonds. The molecule has 0 fully saturated rings. The van der Waals surface area contributed by atoms with E-state index in [-0.39, 0.29) is 5.76 Å². The predicted molar refractivity (Wildman–Crippen MR) is 94.8 cm³/mol. The minimum atomic E-state index is -1.03. The van der Waals surface area contributed by atoms with Crippen molar-refractivity contribution in [2.24, 2.45) is 0 Å². The number of rotatable bonds is 12. The topological polar surface area (TPSA) is 46.5 Å². The molecule has 0 aromatic heterocycles. The van der Waals surface area contributed by atoms with E-state index in [1.54, 1.807) is 6.08 Å². The third kappa shape index (κ3) is 8.44. The van der Waals surface area contributed by atoms with Crippen molar-refractivity contribution in [3.05, 3.63) is 41.7 Å². The highest BCUT2D eigenvalue weighted by atomic mass is 16.5. The Kier molecular flexibility index (Phi) is 9.85. The standard InChI is InChI=1S/C20H30O3/c1-3-5-6-7-8-9-10-12-17-13-15-18(16-14-17)23-19(11-4-2)20(21)22/h11,13-16H,3-10,12H2,1-2H3,(H,21,22)/b19-11+. The molecule has 128 valence electrons. The summed E-state index contributed by atoms with van der Waals surface area (Å²) in [5.41, 5.74) is 1.28. The second kappa shape index (κ2) is 11.8. The highest BCUT2D eigenvalue weighted by Gasteiger charge is 2.09. The molecule has 0 aliphatic carbocycles. The van der Waals surface area contributed by atoms with Crippen molar-refractivity contribution >= 4 is 5.97 Å². The Morgan fingerprint density at radius 1 is 1.00 bits per heavy atom. The number of unbranched alkanes of at least 4 members (excludes halogenated alkanes) is 6. The Bertz CT molecular complexity index is 474. The van der Waals surface area contributed by atoms with Crippen molar-refractivity contribution < 1.29 is 14.6 Å². The van der Waals surface area contributed by atoms with Gasteiger partial charge in [-0.3, -0.25) is 0 Å². The van der Waals surface area contributed by atoms with E-state index < -0.39 is 5.97 Å². The second-order valence-electron chi connectivity index (χ2n) is 5.90. The third-order valence-electron chi connectivity index (χ3n) is 3.82. The maximum atomic E-state index is 11.0. The van der Waals surface area contributed by atoms with Crippen molar-refractivity contribution in [1.82, 2.24) is 0 Å². The van der Waals surface area contributed by atoms with Gasteiger partial charge in [0.2, 0.25) is 5.76 Å². The fraction of sp³-hybridized carbons (Fsp3) is 0.550. The molecule has 1 N–H and O–H groups in total. The minimum absolute atomic E-state index is 0.00710. The highest BCUT2D eigenvalue weighted by molar-refractivity contribution is 5.84. The number of benzene rings is 1. The van der Waals surface area contributed by atoms with Crippen LogP contribution in [0.2, 0.25) is 0 Å². The summed E-state index contributed by atoms with van der Waals surface area (Å²) in [4.78, 5) is 11.0. The first-order valence-corrected chi connectivity index (χ1v) is 8.87. The van der Waals surface area contributed by atoms with Crippen LogP contribution in [-0.2, 0) is 11.2 Å². The zero-order valence-corrected chi connectivity index (χ0v) is 14.5. The van der Waals surface area contributed by atoms with Gasteiger partial charge in [0, 0.05) is 0 Å². The van der Waals surface area contributed by atoms with Gasteiger partial charge in [0.1, 0.15) is 5.75 Å². The van der Waals surface area contributed by atoms with E-state index >= 15 is 0 Å². The Hall–Kier alpha value is -1.77. The lowest BCUT2D eigenvalue weighted by Gasteiger charge is -2.07. The van der Waals surface area contributed by atoms with Gasteiger partial charge in [0.15, 0.2) is 0 Å². The van der Waals surface area contributed by atoms with Gasteiger partial charge in [-0.25, -0.2) is 4.79 Å². The van der Waals surface area contributed by atoms with Crippen molar-refractivity contribution in [3.63, 3.8) is 0 Å². The summed E-state index contributed by atoms with van der Waals surface area (Å²) >= 11 is 0. The summed E-state index contributed by atoms with van der Waals surface area (Å²) < 4.78 is 5.41. The summed E-state index contributed by atoms with van der Waals surface area (Å²) in [6.07, 6.45) is 12.5. The summed E-state index contributed by atoms with van der Waals surface area (Å²) in [7, 11) is 0. The lowest BCUT2D eigenvalue weighted by Crippen LogP contribution is -2.07. The van der Waals surface area contributed by atoms with Crippen molar-refractivity contribution in [2.75, 3.05) is 0 Å². The van der Waals surface area contributed by atoms with E-state index in [1.165, 1.54) is 50.5 Å². The van der Waals surface area contributed by atoms with E-state index in [4.69, 9.17) is 9.84 Å². The van der Waals surface area contributed by atoms with Crippen LogP contribution in [0.4, 0.5) is 0 Å². The highest BCUT2D eigenvalue weighted by Crippen LogP contribution is 2.17. The molecular weight excluding hydrogens is 288 g/mol. The average molecular weight is 318 g/mol. The van der Waals surface area contributed by atoms with E-state index in [0.29, 0.717) is 12.2 Å². The number of hydrogen-bond donors (Lipinski definition) is 1. The van der Waals surface area contributed by atoms with Crippen molar-refractivity contribution in [3.8, 4) is 5.75 Å². The number of carbonyl (C=O) groups is 1. The van der Waals surface area contributed by atoms with Gasteiger partial charge in [-0.05, 0) is 43.0 Å². The summed E-state index contributed by atoms with van der Waals surface area (Å²) in [5, 5.41) is 9.05. The number of hydrogen-bond acceptors (Lipinski definition) is 2. The van der Waals surface area contributed by atoms with Crippen LogP contribution in [-0.4, -0.2) is 11.1 Å². The first-order chi connectivity index (χ1) is 11.2. The molecular formula is C20H30O3. The van der Waals surface area contributed by atoms with E-state index in [2.05, 4.69) is 6.92 Å². The third-order valence-corrected chi connectivity index (χ3v) is 3.82. The molecule has 1 aromatic carbocycles. The smallest absolute Gasteiger partial charge is 0.371 e. The molecule has 1 rings (SSSR count). The van der Waals surface area contributed by atoms with Gasteiger partial charge in [-0.15, -0.1) is 0 Å². The number of carboxylic acids is 1. The molecule has 0 unspecified atom stereocenters. The molecule has 3 heteroatoms. The minimum Gasteiger partial charge on any atom is -0.475 e. The quantitative estimate of drug-likeness (QED) is 0.304. The van der Waals surface area contributed by atoms with Crippen LogP contribution in [0.3, 0.4) is 0 Å². The van der Waals surface area contributed by atoms with Crippen molar-refractivity contribution in [1.29, 1.82) is 0 Å². The van der Waals surface area contributed by atoms with Gasteiger partial charge in [0.05, 0.1) is 0 Å². The molecule has 0 saturated carbocycles. The molecule has 23 heavy (non-hydrogen) atoms. The Labute approximate surface area is 140 Å². The van der Waals surface area contributed by atoms with Crippen LogP contribution in [0.1, 0.15) is 70.8 Å². The van der Waals surface area contributed by atoms with Crippen molar-refractivity contribution in [2.45, 2.75) is 71.6 Å². The fourth-order valence-corrected chi connectivity index (χ4v) is 2.50. The van der Waals surface area contributed by atoms with E-state index in [1.807, 2.05) is 31.2 Å². The monoisotopic (exact) mass is 318 g/mol. The number of carboxylic acid groups (broad SMARTS) is 1. The fourth-order valence-electron chi connectivity index (χ4n) is 2.50. The Balaban J connectivity index is 2.33. The van der Waals surface area contributed by atoms with Gasteiger partial charge in [0.25, 0.3) is 0 Å². The molecule has 0 bridgehead atoms. The van der Waals surface area contributed by atoms with E-state index in [9.17, 15) is 4.79 Å². The normalized spacial score (nSPS) is 11.5.